The minimum atomic E-state index is -0.441. The van der Waals surface area contributed by atoms with E-state index in [1.54, 1.807) is 13.1 Å². The van der Waals surface area contributed by atoms with Crippen LogP contribution in [0.25, 0.3) is 0 Å². The molecular formula is C8H10N2O3. The highest BCUT2D eigenvalue weighted by Crippen LogP contribution is 2.03. The normalized spacial score (nSPS) is 9.38. The number of aromatic nitrogens is 2. The number of nitrogens with zero attached hydrogens (tertiary/aromatic N) is 2. The third-order valence-corrected chi connectivity index (χ3v) is 1.30. The van der Waals surface area contributed by atoms with Gasteiger partial charge in [0.15, 0.2) is 6.61 Å². The van der Waals surface area contributed by atoms with Crippen molar-refractivity contribution >= 4 is 5.97 Å². The van der Waals surface area contributed by atoms with Crippen LogP contribution in [0.4, 0.5) is 0 Å². The predicted octanol–water partition coefficient (Wildman–Crippen LogP) is 0.337. The highest BCUT2D eigenvalue weighted by Gasteiger charge is 2.02. The van der Waals surface area contributed by atoms with Gasteiger partial charge >= 0.3 is 5.97 Å². The largest absolute Gasteiger partial charge is 0.466 e. The molecule has 0 aromatic carbocycles. The van der Waals surface area contributed by atoms with Crippen LogP contribution in [0.2, 0.25) is 0 Å². The molecule has 13 heavy (non-hydrogen) atoms. The third-order valence-electron chi connectivity index (χ3n) is 1.30. The van der Waals surface area contributed by atoms with Gasteiger partial charge in [0.25, 0.3) is 0 Å². The molecule has 5 heteroatoms. The van der Waals surface area contributed by atoms with Gasteiger partial charge < -0.3 is 9.47 Å². The minimum Gasteiger partial charge on any atom is -0.466 e. The Labute approximate surface area is 75.7 Å². The molecule has 1 aromatic rings. The maximum atomic E-state index is 10.7. The Morgan fingerprint density at radius 1 is 1.54 bits per heavy atom. The summed E-state index contributed by atoms with van der Waals surface area (Å²) in [4.78, 5) is 18.5. The van der Waals surface area contributed by atoms with E-state index >= 15 is 0 Å². The smallest absolute Gasteiger partial charge is 0.343 e. The van der Waals surface area contributed by atoms with Crippen LogP contribution in [0.1, 0.15) is 5.69 Å². The molecule has 0 N–H and O–H groups in total. The summed E-state index contributed by atoms with van der Waals surface area (Å²) in [6, 6.07) is 0. The second-order valence-corrected chi connectivity index (χ2v) is 2.36. The van der Waals surface area contributed by atoms with Crippen LogP contribution in [0, 0.1) is 6.92 Å². The van der Waals surface area contributed by atoms with Gasteiger partial charge in [0.2, 0.25) is 5.88 Å². The molecule has 0 spiro atoms. The molecule has 0 aliphatic heterocycles. The molecule has 0 radical (unpaired) electrons. The lowest BCUT2D eigenvalue weighted by Crippen LogP contribution is -2.13. The molecule has 0 atom stereocenters. The maximum absolute atomic E-state index is 10.7. The summed E-state index contributed by atoms with van der Waals surface area (Å²) in [5.41, 5.74) is 0.738. The van der Waals surface area contributed by atoms with Gasteiger partial charge in [-0.25, -0.2) is 9.78 Å². The number of methoxy groups -OCH3 is 1. The number of carbonyl (C=O) groups excluding carboxylic acids is 1. The van der Waals surface area contributed by atoms with Crippen molar-refractivity contribution in [3.05, 3.63) is 18.1 Å². The quantitative estimate of drug-likeness (QED) is 0.630. The first-order chi connectivity index (χ1) is 6.22. The molecule has 0 saturated carbocycles. The van der Waals surface area contributed by atoms with E-state index in [4.69, 9.17) is 4.74 Å². The van der Waals surface area contributed by atoms with E-state index in [9.17, 15) is 4.79 Å². The number of hydrogen-bond donors (Lipinski definition) is 0. The molecule has 0 bridgehead atoms. The van der Waals surface area contributed by atoms with Crippen molar-refractivity contribution < 1.29 is 14.3 Å². The Kier molecular flexibility index (Phi) is 3.19. The molecule has 1 heterocycles. The van der Waals surface area contributed by atoms with Crippen LogP contribution in [-0.2, 0) is 9.53 Å². The van der Waals surface area contributed by atoms with E-state index in [0.29, 0.717) is 5.88 Å². The minimum absolute atomic E-state index is 0.144. The predicted molar refractivity (Wildman–Crippen MR) is 44.3 cm³/mol. The Morgan fingerprint density at radius 3 is 2.92 bits per heavy atom. The van der Waals surface area contributed by atoms with Gasteiger partial charge in [0, 0.05) is 6.20 Å². The molecule has 1 aromatic heterocycles. The lowest BCUT2D eigenvalue weighted by Gasteiger charge is -2.02. The summed E-state index contributed by atoms with van der Waals surface area (Å²) in [6.45, 7) is 1.65. The zero-order valence-electron chi connectivity index (χ0n) is 7.48. The van der Waals surface area contributed by atoms with E-state index in [-0.39, 0.29) is 6.61 Å². The number of carbonyl (C=O) groups is 1. The molecule has 1 rings (SSSR count). The lowest BCUT2D eigenvalue weighted by molar-refractivity contribution is -0.143. The van der Waals surface area contributed by atoms with Gasteiger partial charge in [-0.1, -0.05) is 0 Å². The van der Waals surface area contributed by atoms with E-state index in [1.165, 1.54) is 13.3 Å². The Hall–Kier alpha value is -1.65. The average molecular weight is 182 g/mol. The van der Waals surface area contributed by atoms with Crippen LogP contribution in [-0.4, -0.2) is 29.7 Å². The van der Waals surface area contributed by atoms with Crippen molar-refractivity contribution in [2.75, 3.05) is 13.7 Å². The summed E-state index contributed by atoms with van der Waals surface area (Å²) < 4.78 is 9.38. The molecule has 0 fully saturated rings. The molecule has 0 saturated heterocycles. The summed E-state index contributed by atoms with van der Waals surface area (Å²) in [5, 5.41) is 0. The molecule has 5 nitrogen and oxygen atoms in total. The number of hydrogen-bond acceptors (Lipinski definition) is 5. The second-order valence-electron chi connectivity index (χ2n) is 2.36. The van der Waals surface area contributed by atoms with Crippen molar-refractivity contribution in [2.45, 2.75) is 6.92 Å². The van der Waals surface area contributed by atoms with Crippen LogP contribution in [0.15, 0.2) is 12.4 Å². The van der Waals surface area contributed by atoms with E-state index in [1.807, 2.05) is 0 Å². The number of rotatable bonds is 3. The lowest BCUT2D eigenvalue weighted by atomic mass is 10.5. The SMILES string of the molecule is COC(=O)COc1cncc(C)n1. The van der Waals surface area contributed by atoms with Crippen LogP contribution in [0.3, 0.4) is 0 Å². The number of esters is 1. The molecule has 0 aliphatic rings. The van der Waals surface area contributed by atoms with Crippen molar-refractivity contribution in [2.24, 2.45) is 0 Å². The second kappa shape index (κ2) is 4.39. The zero-order valence-corrected chi connectivity index (χ0v) is 7.48. The van der Waals surface area contributed by atoms with Crippen LogP contribution in [0.5, 0.6) is 5.88 Å². The molecule has 0 amide bonds. The zero-order chi connectivity index (χ0) is 9.68. The van der Waals surface area contributed by atoms with Gasteiger partial charge in [-0.3, -0.25) is 4.98 Å². The maximum Gasteiger partial charge on any atom is 0.343 e. The Balaban J connectivity index is 2.50. The van der Waals surface area contributed by atoms with Gasteiger partial charge in [-0.05, 0) is 6.92 Å². The van der Waals surface area contributed by atoms with Gasteiger partial charge in [0.05, 0.1) is 19.0 Å². The third kappa shape index (κ3) is 3.06. The topological polar surface area (TPSA) is 61.3 Å². The van der Waals surface area contributed by atoms with Crippen molar-refractivity contribution in [3.8, 4) is 5.88 Å². The molecule has 0 unspecified atom stereocenters. The van der Waals surface area contributed by atoms with Crippen molar-refractivity contribution in [3.63, 3.8) is 0 Å². The molecular weight excluding hydrogens is 172 g/mol. The summed E-state index contributed by atoms with van der Waals surface area (Å²) >= 11 is 0. The van der Waals surface area contributed by atoms with E-state index in [2.05, 4.69) is 14.7 Å². The summed E-state index contributed by atoms with van der Waals surface area (Å²) in [7, 11) is 1.30. The number of aryl methyl sites for hydroxylation is 1. The molecule has 70 valence electrons. The van der Waals surface area contributed by atoms with Crippen molar-refractivity contribution in [1.29, 1.82) is 0 Å². The molecule has 0 aliphatic carbocycles. The first-order valence-corrected chi connectivity index (χ1v) is 3.70. The fourth-order valence-electron chi connectivity index (χ4n) is 0.702. The van der Waals surface area contributed by atoms with Gasteiger partial charge in [-0.2, -0.15) is 0 Å². The van der Waals surface area contributed by atoms with Crippen LogP contribution >= 0.6 is 0 Å². The van der Waals surface area contributed by atoms with E-state index in [0.717, 1.165) is 5.69 Å². The van der Waals surface area contributed by atoms with Gasteiger partial charge in [-0.15, -0.1) is 0 Å². The van der Waals surface area contributed by atoms with Crippen LogP contribution < -0.4 is 4.74 Å². The summed E-state index contributed by atoms with van der Waals surface area (Å²) in [5.74, 6) is -0.117. The van der Waals surface area contributed by atoms with Crippen molar-refractivity contribution in [1.82, 2.24) is 9.97 Å². The first kappa shape index (κ1) is 9.44. The first-order valence-electron chi connectivity index (χ1n) is 3.70. The fraction of sp³-hybridized carbons (Fsp3) is 0.375. The average Bonchev–Trinajstić information content (AvgIpc) is 2.14. The number of ether oxygens (including phenoxy) is 2. The monoisotopic (exact) mass is 182 g/mol. The van der Waals surface area contributed by atoms with E-state index < -0.39 is 5.97 Å². The van der Waals surface area contributed by atoms with Gasteiger partial charge in [0.1, 0.15) is 0 Å². The standard InChI is InChI=1S/C8H10N2O3/c1-6-3-9-4-7(10-6)13-5-8(11)12-2/h3-4H,5H2,1-2H3. The highest BCUT2D eigenvalue weighted by molar-refractivity contribution is 5.70. The Morgan fingerprint density at radius 2 is 2.31 bits per heavy atom. The fourth-order valence-corrected chi connectivity index (χ4v) is 0.702. The Bertz CT molecular complexity index is 301. The summed E-state index contributed by atoms with van der Waals surface area (Å²) in [6.07, 6.45) is 3.04. The highest BCUT2D eigenvalue weighted by atomic mass is 16.6.